The first-order valence-corrected chi connectivity index (χ1v) is 6.07. The molecule has 5 heteroatoms. The summed E-state index contributed by atoms with van der Waals surface area (Å²) in [5, 5.41) is 8.37. The lowest BCUT2D eigenvalue weighted by atomic mass is 10.0. The Labute approximate surface area is 82.9 Å². The SMILES string of the molecule is O=C(O)CS(=O)(=O)CC1C=CC=CC1. The highest BCUT2D eigenvalue weighted by atomic mass is 32.2. The lowest BCUT2D eigenvalue weighted by Crippen LogP contribution is -2.22. The van der Waals surface area contributed by atoms with Gasteiger partial charge in [0.05, 0.1) is 5.75 Å². The molecule has 0 heterocycles. The van der Waals surface area contributed by atoms with Crippen LogP contribution in [-0.2, 0) is 14.6 Å². The average molecular weight is 216 g/mol. The van der Waals surface area contributed by atoms with E-state index in [1.54, 1.807) is 12.2 Å². The number of carboxylic acids is 1. The monoisotopic (exact) mass is 216 g/mol. The fraction of sp³-hybridized carbons (Fsp3) is 0.444. The Balaban J connectivity index is 2.55. The smallest absolute Gasteiger partial charge is 0.318 e. The number of carboxylic acid groups (broad SMARTS) is 1. The summed E-state index contributed by atoms with van der Waals surface area (Å²) in [6.07, 6.45) is 7.96. The summed E-state index contributed by atoms with van der Waals surface area (Å²) < 4.78 is 22.5. The standard InChI is InChI=1S/C9H12O4S/c10-9(11)7-14(12,13)6-8-4-2-1-3-5-8/h1-4,8H,5-7H2,(H,10,11). The van der Waals surface area contributed by atoms with Gasteiger partial charge in [0, 0.05) is 0 Å². The summed E-state index contributed by atoms with van der Waals surface area (Å²) in [7, 11) is -3.47. The van der Waals surface area contributed by atoms with Gasteiger partial charge in [-0.1, -0.05) is 24.3 Å². The predicted octanol–water partition coefficient (Wildman–Crippen LogP) is 0.618. The topological polar surface area (TPSA) is 71.4 Å². The van der Waals surface area contributed by atoms with E-state index < -0.39 is 21.6 Å². The molecule has 0 spiro atoms. The van der Waals surface area contributed by atoms with Crippen LogP contribution in [0.15, 0.2) is 24.3 Å². The lowest BCUT2D eigenvalue weighted by Gasteiger charge is -2.11. The van der Waals surface area contributed by atoms with Crippen LogP contribution in [0.3, 0.4) is 0 Å². The molecule has 4 nitrogen and oxygen atoms in total. The molecule has 1 aliphatic carbocycles. The fourth-order valence-corrected chi connectivity index (χ4v) is 2.72. The van der Waals surface area contributed by atoms with E-state index >= 15 is 0 Å². The average Bonchev–Trinajstić information content (AvgIpc) is 2.02. The van der Waals surface area contributed by atoms with Crippen LogP contribution in [0.2, 0.25) is 0 Å². The number of allylic oxidation sites excluding steroid dienone is 4. The molecule has 1 aliphatic rings. The van der Waals surface area contributed by atoms with E-state index in [9.17, 15) is 13.2 Å². The molecule has 1 N–H and O–H groups in total. The highest BCUT2D eigenvalue weighted by Gasteiger charge is 2.20. The van der Waals surface area contributed by atoms with Crippen molar-refractivity contribution in [3.05, 3.63) is 24.3 Å². The number of sulfone groups is 1. The second kappa shape index (κ2) is 4.41. The molecule has 0 amide bonds. The molecule has 0 saturated carbocycles. The van der Waals surface area contributed by atoms with E-state index in [1.165, 1.54) is 0 Å². The zero-order valence-electron chi connectivity index (χ0n) is 7.59. The first-order chi connectivity index (χ1) is 6.49. The largest absolute Gasteiger partial charge is 0.480 e. The predicted molar refractivity (Wildman–Crippen MR) is 52.7 cm³/mol. The molecule has 1 rings (SSSR count). The van der Waals surface area contributed by atoms with Crippen LogP contribution >= 0.6 is 0 Å². The van der Waals surface area contributed by atoms with Crippen LogP contribution in [0.4, 0.5) is 0 Å². The third kappa shape index (κ3) is 3.74. The molecule has 0 aromatic carbocycles. The van der Waals surface area contributed by atoms with Crippen LogP contribution in [-0.4, -0.2) is 31.0 Å². The molecule has 1 unspecified atom stereocenters. The van der Waals surface area contributed by atoms with Gasteiger partial charge in [0.1, 0.15) is 5.75 Å². The zero-order chi connectivity index (χ0) is 10.6. The maximum Gasteiger partial charge on any atom is 0.318 e. The van der Waals surface area contributed by atoms with Gasteiger partial charge >= 0.3 is 5.97 Å². The maximum absolute atomic E-state index is 11.3. The second-order valence-electron chi connectivity index (χ2n) is 3.26. The summed E-state index contributed by atoms with van der Waals surface area (Å²) in [5.74, 6) is -2.23. The molecular weight excluding hydrogens is 204 g/mol. The normalized spacial score (nSPS) is 21.0. The van der Waals surface area contributed by atoms with E-state index in [1.807, 2.05) is 12.2 Å². The Morgan fingerprint density at radius 1 is 1.43 bits per heavy atom. The fourth-order valence-electron chi connectivity index (χ4n) is 1.33. The molecule has 0 fully saturated rings. The van der Waals surface area contributed by atoms with Crippen molar-refractivity contribution in [1.29, 1.82) is 0 Å². The molecule has 1 atom stereocenters. The number of hydrogen-bond acceptors (Lipinski definition) is 3. The van der Waals surface area contributed by atoms with Crippen molar-refractivity contribution in [2.75, 3.05) is 11.5 Å². The molecule has 0 aromatic rings. The second-order valence-corrected chi connectivity index (χ2v) is 5.37. The minimum atomic E-state index is -3.47. The molecule has 0 aliphatic heterocycles. The van der Waals surface area contributed by atoms with E-state index in [4.69, 9.17) is 5.11 Å². The minimum Gasteiger partial charge on any atom is -0.480 e. The van der Waals surface area contributed by atoms with E-state index in [0.717, 1.165) is 0 Å². The summed E-state index contributed by atoms with van der Waals surface area (Å²) in [4.78, 5) is 10.2. The Kier molecular flexibility index (Phi) is 3.46. The quantitative estimate of drug-likeness (QED) is 0.747. The van der Waals surface area contributed by atoms with Gasteiger partial charge in [-0.25, -0.2) is 8.42 Å². The zero-order valence-corrected chi connectivity index (χ0v) is 8.40. The Morgan fingerprint density at radius 2 is 2.14 bits per heavy atom. The number of carbonyl (C=O) groups is 1. The van der Waals surface area contributed by atoms with Gasteiger partial charge in [0.2, 0.25) is 0 Å². The molecular formula is C9H12O4S. The van der Waals surface area contributed by atoms with Gasteiger partial charge in [-0.2, -0.15) is 0 Å². The Morgan fingerprint density at radius 3 is 2.64 bits per heavy atom. The molecule has 0 radical (unpaired) electrons. The maximum atomic E-state index is 11.3. The highest BCUT2D eigenvalue weighted by molar-refractivity contribution is 7.92. The van der Waals surface area contributed by atoms with Crippen LogP contribution in [0, 0.1) is 5.92 Å². The highest BCUT2D eigenvalue weighted by Crippen LogP contribution is 2.14. The van der Waals surface area contributed by atoms with E-state index in [0.29, 0.717) is 6.42 Å². The van der Waals surface area contributed by atoms with Crippen molar-refractivity contribution in [2.45, 2.75) is 6.42 Å². The summed E-state index contributed by atoms with van der Waals surface area (Å²) in [6, 6.07) is 0. The Bertz CT molecular complexity index is 364. The van der Waals surface area contributed by atoms with Gasteiger partial charge in [-0.15, -0.1) is 0 Å². The van der Waals surface area contributed by atoms with Crippen molar-refractivity contribution in [1.82, 2.24) is 0 Å². The molecule has 14 heavy (non-hydrogen) atoms. The van der Waals surface area contributed by atoms with E-state index in [-0.39, 0.29) is 11.7 Å². The number of hydrogen-bond donors (Lipinski definition) is 1. The third-order valence-corrected chi connectivity index (χ3v) is 3.50. The molecule has 0 aromatic heterocycles. The van der Waals surface area contributed by atoms with Crippen LogP contribution < -0.4 is 0 Å². The first-order valence-electron chi connectivity index (χ1n) is 4.25. The lowest BCUT2D eigenvalue weighted by molar-refractivity contribution is -0.134. The Hall–Kier alpha value is -1.10. The van der Waals surface area contributed by atoms with Gasteiger partial charge in [0.25, 0.3) is 0 Å². The van der Waals surface area contributed by atoms with Crippen molar-refractivity contribution in [2.24, 2.45) is 5.92 Å². The van der Waals surface area contributed by atoms with Crippen LogP contribution in [0.1, 0.15) is 6.42 Å². The minimum absolute atomic E-state index is 0.0793. The van der Waals surface area contributed by atoms with Gasteiger partial charge in [-0.3, -0.25) is 4.79 Å². The van der Waals surface area contributed by atoms with Gasteiger partial charge < -0.3 is 5.11 Å². The van der Waals surface area contributed by atoms with Crippen molar-refractivity contribution in [3.8, 4) is 0 Å². The van der Waals surface area contributed by atoms with Crippen molar-refractivity contribution < 1.29 is 18.3 Å². The number of rotatable bonds is 4. The van der Waals surface area contributed by atoms with Gasteiger partial charge in [-0.05, 0) is 12.3 Å². The summed E-state index contributed by atoms with van der Waals surface area (Å²) >= 11 is 0. The van der Waals surface area contributed by atoms with Crippen LogP contribution in [0.5, 0.6) is 0 Å². The van der Waals surface area contributed by atoms with Crippen molar-refractivity contribution >= 4 is 15.8 Å². The first kappa shape index (κ1) is 11.0. The van der Waals surface area contributed by atoms with Crippen LogP contribution in [0.25, 0.3) is 0 Å². The molecule has 78 valence electrons. The van der Waals surface area contributed by atoms with Crippen molar-refractivity contribution in [3.63, 3.8) is 0 Å². The molecule has 0 bridgehead atoms. The van der Waals surface area contributed by atoms with E-state index in [2.05, 4.69) is 0 Å². The summed E-state index contributed by atoms with van der Waals surface area (Å²) in [5.41, 5.74) is 0. The number of aliphatic carboxylic acids is 1. The molecule has 0 saturated heterocycles. The summed E-state index contributed by atoms with van der Waals surface area (Å²) in [6.45, 7) is 0. The third-order valence-electron chi connectivity index (χ3n) is 1.88. The van der Waals surface area contributed by atoms with Gasteiger partial charge in [0.15, 0.2) is 9.84 Å².